The largest absolute Gasteiger partial charge is 0.334 e. The van der Waals surface area contributed by atoms with Crippen LogP contribution >= 0.6 is 0 Å². The first kappa shape index (κ1) is 17.6. The molecule has 134 valence electrons. The minimum Gasteiger partial charge on any atom is -0.334 e. The maximum Gasteiger partial charge on any atom is 0.254 e. The second kappa shape index (κ2) is 7.78. The zero-order chi connectivity index (χ0) is 17.8. The molecule has 6 nitrogen and oxygen atoms in total. The summed E-state index contributed by atoms with van der Waals surface area (Å²) in [6.07, 6.45) is 2.52. The van der Waals surface area contributed by atoms with Crippen LogP contribution in [0.4, 0.5) is 0 Å². The fraction of sp³-hybridized carbons (Fsp3) is 0.526. The van der Waals surface area contributed by atoms with Gasteiger partial charge in [-0.3, -0.25) is 19.3 Å². The predicted octanol–water partition coefficient (Wildman–Crippen LogP) is 1.55. The van der Waals surface area contributed by atoms with Crippen molar-refractivity contribution in [3.05, 3.63) is 35.4 Å². The van der Waals surface area contributed by atoms with Gasteiger partial charge in [-0.25, -0.2) is 0 Å². The molecule has 1 N–H and O–H groups in total. The molecule has 1 atom stereocenters. The van der Waals surface area contributed by atoms with Crippen molar-refractivity contribution in [2.24, 2.45) is 0 Å². The van der Waals surface area contributed by atoms with Crippen LogP contribution in [-0.2, 0) is 16.1 Å². The van der Waals surface area contributed by atoms with Crippen LogP contribution in [0.25, 0.3) is 0 Å². The summed E-state index contributed by atoms with van der Waals surface area (Å²) in [5.41, 5.74) is 1.52. The summed E-state index contributed by atoms with van der Waals surface area (Å²) in [6, 6.07) is 7.53. The molecular weight excluding hydrogens is 318 g/mol. The Bertz CT molecular complexity index is 634. The maximum atomic E-state index is 12.9. The van der Waals surface area contributed by atoms with Crippen molar-refractivity contribution in [3.8, 4) is 0 Å². The van der Waals surface area contributed by atoms with Crippen LogP contribution in [0.3, 0.4) is 0 Å². The molecule has 1 aromatic carbocycles. The van der Waals surface area contributed by atoms with Crippen molar-refractivity contribution < 1.29 is 14.4 Å². The third-order valence-corrected chi connectivity index (χ3v) is 4.90. The molecule has 2 saturated heterocycles. The Labute approximate surface area is 148 Å². The summed E-state index contributed by atoms with van der Waals surface area (Å²) in [6.45, 7) is 4.93. The van der Waals surface area contributed by atoms with Gasteiger partial charge in [0.15, 0.2) is 0 Å². The fourth-order valence-electron chi connectivity index (χ4n) is 3.50. The third kappa shape index (κ3) is 3.90. The highest BCUT2D eigenvalue weighted by Crippen LogP contribution is 2.18. The first-order chi connectivity index (χ1) is 12.1. The van der Waals surface area contributed by atoms with Gasteiger partial charge in [0.05, 0.1) is 6.54 Å². The standard InChI is InChI=1S/C19H25N3O3/c1-2-11-21(16-9-10-20-12-16)19(25)15-5-3-14(4-6-15)13-22-17(23)7-8-18(22)24/h3-6,16,20H,2,7-13H2,1H3. The normalized spacial score (nSPS) is 20.4. The predicted molar refractivity (Wildman–Crippen MR) is 93.8 cm³/mol. The van der Waals surface area contributed by atoms with Crippen LogP contribution in [0.2, 0.25) is 0 Å². The molecule has 0 aromatic heterocycles. The zero-order valence-corrected chi connectivity index (χ0v) is 14.7. The quantitative estimate of drug-likeness (QED) is 0.796. The average Bonchev–Trinajstić information content (AvgIpc) is 3.25. The van der Waals surface area contributed by atoms with Crippen LogP contribution in [-0.4, -0.2) is 53.2 Å². The highest BCUT2D eigenvalue weighted by Gasteiger charge is 2.29. The van der Waals surface area contributed by atoms with Gasteiger partial charge >= 0.3 is 0 Å². The number of nitrogens with one attached hydrogen (secondary N) is 1. The highest BCUT2D eigenvalue weighted by atomic mass is 16.2. The van der Waals surface area contributed by atoms with E-state index in [0.717, 1.165) is 38.0 Å². The lowest BCUT2D eigenvalue weighted by atomic mass is 10.1. The van der Waals surface area contributed by atoms with E-state index in [4.69, 9.17) is 0 Å². The Balaban J connectivity index is 1.69. The second-order valence-electron chi connectivity index (χ2n) is 6.72. The van der Waals surface area contributed by atoms with E-state index in [-0.39, 0.29) is 30.3 Å². The van der Waals surface area contributed by atoms with E-state index in [1.807, 2.05) is 17.0 Å². The van der Waals surface area contributed by atoms with Crippen molar-refractivity contribution in [3.63, 3.8) is 0 Å². The van der Waals surface area contributed by atoms with Crippen molar-refractivity contribution in [1.29, 1.82) is 0 Å². The lowest BCUT2D eigenvalue weighted by molar-refractivity contribution is -0.139. The molecule has 3 amide bonds. The van der Waals surface area contributed by atoms with Gasteiger partial charge in [0.1, 0.15) is 0 Å². The molecule has 2 aliphatic heterocycles. The Morgan fingerprint density at radius 1 is 1.20 bits per heavy atom. The number of amides is 3. The number of benzene rings is 1. The van der Waals surface area contributed by atoms with Gasteiger partial charge in [0, 0.05) is 37.5 Å². The number of imide groups is 1. The molecule has 0 bridgehead atoms. The first-order valence-electron chi connectivity index (χ1n) is 9.04. The highest BCUT2D eigenvalue weighted by molar-refractivity contribution is 6.01. The summed E-state index contributed by atoms with van der Waals surface area (Å²) in [5.74, 6) is -0.184. The van der Waals surface area contributed by atoms with Gasteiger partial charge in [0.25, 0.3) is 5.91 Å². The van der Waals surface area contributed by atoms with Gasteiger partial charge in [-0.2, -0.15) is 0 Å². The number of carbonyl (C=O) groups is 3. The number of hydrogen-bond acceptors (Lipinski definition) is 4. The summed E-state index contributed by atoms with van der Waals surface area (Å²) >= 11 is 0. The van der Waals surface area contributed by atoms with E-state index >= 15 is 0 Å². The summed E-state index contributed by atoms with van der Waals surface area (Å²) in [4.78, 5) is 39.5. The molecule has 2 aliphatic rings. The molecule has 1 unspecified atom stereocenters. The van der Waals surface area contributed by atoms with Crippen molar-refractivity contribution in [2.75, 3.05) is 19.6 Å². The Morgan fingerprint density at radius 3 is 2.44 bits per heavy atom. The van der Waals surface area contributed by atoms with Crippen LogP contribution in [0.15, 0.2) is 24.3 Å². The smallest absolute Gasteiger partial charge is 0.254 e. The lowest BCUT2D eigenvalue weighted by Gasteiger charge is -2.28. The summed E-state index contributed by atoms with van der Waals surface area (Å²) < 4.78 is 0. The average molecular weight is 343 g/mol. The topological polar surface area (TPSA) is 69.7 Å². The van der Waals surface area contributed by atoms with Crippen molar-refractivity contribution in [2.45, 2.75) is 45.2 Å². The molecule has 2 fully saturated rings. The number of rotatable bonds is 6. The Hall–Kier alpha value is -2.21. The number of nitrogens with zero attached hydrogens (tertiary/aromatic N) is 2. The molecule has 2 heterocycles. The molecule has 25 heavy (non-hydrogen) atoms. The van der Waals surface area contributed by atoms with Crippen molar-refractivity contribution >= 4 is 17.7 Å². The first-order valence-corrected chi connectivity index (χ1v) is 9.04. The SMILES string of the molecule is CCCN(C(=O)c1ccc(CN2C(=O)CCC2=O)cc1)C1CCNC1. The second-order valence-corrected chi connectivity index (χ2v) is 6.72. The van der Waals surface area contributed by atoms with E-state index < -0.39 is 0 Å². The zero-order valence-electron chi connectivity index (χ0n) is 14.7. The van der Waals surface area contributed by atoms with Gasteiger partial charge in [0.2, 0.25) is 11.8 Å². The lowest BCUT2D eigenvalue weighted by Crippen LogP contribution is -2.42. The number of likely N-dealkylation sites (tertiary alicyclic amines) is 1. The van der Waals surface area contributed by atoms with Crippen LogP contribution in [0, 0.1) is 0 Å². The summed E-state index contributed by atoms with van der Waals surface area (Å²) in [7, 11) is 0. The van der Waals surface area contributed by atoms with E-state index in [0.29, 0.717) is 18.4 Å². The number of carbonyl (C=O) groups excluding carboxylic acids is 3. The van der Waals surface area contributed by atoms with E-state index in [1.165, 1.54) is 4.90 Å². The van der Waals surface area contributed by atoms with Crippen LogP contribution < -0.4 is 5.32 Å². The monoisotopic (exact) mass is 343 g/mol. The molecule has 1 aromatic rings. The minimum absolute atomic E-state index is 0.0513. The third-order valence-electron chi connectivity index (χ3n) is 4.90. The maximum absolute atomic E-state index is 12.9. The molecule has 0 saturated carbocycles. The summed E-state index contributed by atoms with van der Waals surface area (Å²) in [5, 5.41) is 3.31. The van der Waals surface area contributed by atoms with E-state index in [2.05, 4.69) is 12.2 Å². The molecule has 0 aliphatic carbocycles. The van der Waals surface area contributed by atoms with Crippen molar-refractivity contribution in [1.82, 2.24) is 15.1 Å². The van der Waals surface area contributed by atoms with Gasteiger partial charge in [-0.1, -0.05) is 19.1 Å². The van der Waals surface area contributed by atoms with Gasteiger partial charge < -0.3 is 10.2 Å². The fourth-order valence-corrected chi connectivity index (χ4v) is 3.50. The molecular formula is C19H25N3O3. The molecule has 0 radical (unpaired) electrons. The Kier molecular flexibility index (Phi) is 5.48. The van der Waals surface area contributed by atoms with Crippen LogP contribution in [0.1, 0.15) is 48.5 Å². The van der Waals surface area contributed by atoms with Gasteiger partial charge in [-0.05, 0) is 37.1 Å². The molecule has 3 rings (SSSR count). The van der Waals surface area contributed by atoms with E-state index in [1.54, 1.807) is 12.1 Å². The molecule has 0 spiro atoms. The molecule has 6 heteroatoms. The van der Waals surface area contributed by atoms with Gasteiger partial charge in [-0.15, -0.1) is 0 Å². The van der Waals surface area contributed by atoms with E-state index in [9.17, 15) is 14.4 Å². The minimum atomic E-state index is -0.118. The Morgan fingerprint density at radius 2 is 1.88 bits per heavy atom. The van der Waals surface area contributed by atoms with Crippen LogP contribution in [0.5, 0.6) is 0 Å². The number of hydrogen-bond donors (Lipinski definition) is 1.